The molecule has 0 radical (unpaired) electrons. The predicted molar refractivity (Wildman–Crippen MR) is 99.1 cm³/mol. The van der Waals surface area contributed by atoms with E-state index in [1.54, 1.807) is 12.1 Å². The predicted octanol–water partition coefficient (Wildman–Crippen LogP) is 2.80. The lowest BCUT2D eigenvalue weighted by Crippen LogP contribution is -2.32. The molecule has 2 N–H and O–H groups in total. The molecule has 0 bridgehead atoms. The molecular weight excluding hydrogens is 510 g/mol. The van der Waals surface area contributed by atoms with Gasteiger partial charge in [-0.2, -0.15) is 5.26 Å². The fraction of sp³-hybridized carbons (Fsp3) is 0.333. The lowest BCUT2D eigenvalue weighted by atomic mass is 10.1. The molecule has 1 amide bonds. The first-order chi connectivity index (χ1) is 10.5. The number of rotatable bonds is 4. The van der Waals surface area contributed by atoms with E-state index < -0.39 is 5.91 Å². The average Bonchev–Trinajstić information content (AvgIpc) is 3.01. The molecule has 0 aromatic heterocycles. The number of carbonyl (C=O) groups excluding carboxylic acids is 1. The van der Waals surface area contributed by atoms with E-state index >= 15 is 0 Å². The maximum Gasteiger partial charge on any atom is 0.262 e. The first kappa shape index (κ1) is 17.5. The van der Waals surface area contributed by atoms with E-state index in [4.69, 9.17) is 4.74 Å². The molecule has 0 aliphatic carbocycles. The number of nitriles is 1. The van der Waals surface area contributed by atoms with E-state index in [0.717, 1.165) is 19.4 Å². The Balaban J connectivity index is 2.09. The Kier molecular flexibility index (Phi) is 6.46. The number of nitrogens with one attached hydrogen (secondary N) is 1. The quantitative estimate of drug-likeness (QED) is 0.361. The van der Waals surface area contributed by atoms with Crippen LogP contribution in [0.5, 0.6) is 5.75 Å². The zero-order valence-corrected chi connectivity index (χ0v) is 15.9. The van der Waals surface area contributed by atoms with E-state index in [1.165, 1.54) is 6.08 Å². The first-order valence-corrected chi connectivity index (χ1v) is 8.86. The highest BCUT2D eigenvalue weighted by atomic mass is 127. The molecule has 1 aromatic carbocycles. The molecule has 0 spiro atoms. The fourth-order valence-corrected chi connectivity index (χ4v) is 3.91. The number of hydrogen-bond donors (Lipinski definition) is 2. The lowest BCUT2D eigenvalue weighted by molar-refractivity contribution is -0.117. The van der Waals surface area contributed by atoms with Gasteiger partial charge in [-0.3, -0.25) is 4.79 Å². The fourth-order valence-electron chi connectivity index (χ4n) is 2.09. The Morgan fingerprint density at radius 2 is 2.18 bits per heavy atom. The van der Waals surface area contributed by atoms with E-state index in [-0.39, 0.29) is 17.4 Å². The summed E-state index contributed by atoms with van der Waals surface area (Å²) >= 11 is 4.02. The van der Waals surface area contributed by atoms with Crippen LogP contribution >= 0.6 is 45.2 Å². The third kappa shape index (κ3) is 4.57. The second-order valence-electron chi connectivity index (χ2n) is 4.85. The number of carbonyl (C=O) groups is 1. The van der Waals surface area contributed by atoms with Crippen LogP contribution in [0.3, 0.4) is 0 Å². The third-order valence-electron chi connectivity index (χ3n) is 3.23. The molecule has 22 heavy (non-hydrogen) atoms. The summed E-state index contributed by atoms with van der Waals surface area (Å²) in [4.78, 5) is 12.1. The summed E-state index contributed by atoms with van der Waals surface area (Å²) < 4.78 is 6.78. The number of hydrogen-bond acceptors (Lipinski definition) is 4. The van der Waals surface area contributed by atoms with Crippen molar-refractivity contribution in [1.82, 2.24) is 5.32 Å². The second kappa shape index (κ2) is 8.12. The van der Waals surface area contributed by atoms with Crippen molar-refractivity contribution in [2.24, 2.45) is 0 Å². The van der Waals surface area contributed by atoms with Crippen LogP contribution in [-0.2, 0) is 9.53 Å². The minimum atomic E-state index is -0.406. The van der Waals surface area contributed by atoms with Crippen molar-refractivity contribution in [3.63, 3.8) is 0 Å². The molecule has 116 valence electrons. The number of amides is 1. The van der Waals surface area contributed by atoms with Gasteiger partial charge in [0, 0.05) is 13.2 Å². The molecule has 0 saturated carbocycles. The summed E-state index contributed by atoms with van der Waals surface area (Å²) in [6, 6.07) is 5.37. The van der Waals surface area contributed by atoms with Crippen LogP contribution in [0.4, 0.5) is 0 Å². The zero-order valence-electron chi connectivity index (χ0n) is 11.6. The number of benzene rings is 1. The van der Waals surface area contributed by atoms with Crippen LogP contribution in [0, 0.1) is 18.5 Å². The molecule has 5 nitrogen and oxygen atoms in total. The molecule has 1 aromatic rings. The van der Waals surface area contributed by atoms with Gasteiger partial charge >= 0.3 is 0 Å². The van der Waals surface area contributed by atoms with Gasteiger partial charge in [0.25, 0.3) is 5.91 Å². The summed E-state index contributed by atoms with van der Waals surface area (Å²) in [5.41, 5.74) is 0.741. The Bertz CT molecular complexity index is 624. The minimum absolute atomic E-state index is 0.0373. The Labute approximate surface area is 156 Å². The highest BCUT2D eigenvalue weighted by molar-refractivity contribution is 14.1. The third-order valence-corrected chi connectivity index (χ3v) is 4.87. The van der Waals surface area contributed by atoms with E-state index in [0.29, 0.717) is 19.2 Å². The van der Waals surface area contributed by atoms with Crippen LogP contribution in [0.2, 0.25) is 0 Å². The van der Waals surface area contributed by atoms with Gasteiger partial charge in [0.05, 0.1) is 13.2 Å². The summed E-state index contributed by atoms with van der Waals surface area (Å²) in [6.07, 6.45) is 3.50. The van der Waals surface area contributed by atoms with Gasteiger partial charge in [-0.1, -0.05) is 0 Å². The van der Waals surface area contributed by atoms with E-state index in [9.17, 15) is 15.2 Å². The maximum absolute atomic E-state index is 12.1. The summed E-state index contributed by atoms with van der Waals surface area (Å²) in [6.45, 7) is 1.15. The number of ether oxygens (including phenoxy) is 1. The summed E-state index contributed by atoms with van der Waals surface area (Å²) in [7, 11) is 0. The Hall–Kier alpha value is -0.860. The Morgan fingerprint density at radius 3 is 2.73 bits per heavy atom. The van der Waals surface area contributed by atoms with Crippen molar-refractivity contribution in [2.75, 3.05) is 13.2 Å². The van der Waals surface area contributed by atoms with Crippen molar-refractivity contribution in [3.8, 4) is 11.8 Å². The maximum atomic E-state index is 12.1. The molecule has 1 aliphatic rings. The van der Waals surface area contributed by atoms with Gasteiger partial charge in [0.15, 0.2) is 0 Å². The van der Waals surface area contributed by atoms with Crippen LogP contribution in [0.15, 0.2) is 17.7 Å². The Morgan fingerprint density at radius 1 is 1.50 bits per heavy atom. The topological polar surface area (TPSA) is 82.3 Å². The molecule has 1 saturated heterocycles. The monoisotopic (exact) mass is 524 g/mol. The number of halogens is 2. The molecular formula is C15H14I2N2O3. The largest absolute Gasteiger partial charge is 0.506 e. The highest BCUT2D eigenvalue weighted by Crippen LogP contribution is 2.28. The van der Waals surface area contributed by atoms with Crippen molar-refractivity contribution in [2.45, 2.75) is 18.9 Å². The molecule has 1 atom stereocenters. The van der Waals surface area contributed by atoms with E-state index in [2.05, 4.69) is 5.32 Å². The number of nitrogens with zero attached hydrogens (tertiary/aromatic N) is 1. The molecule has 2 rings (SSSR count). The highest BCUT2D eigenvalue weighted by Gasteiger charge is 2.17. The van der Waals surface area contributed by atoms with Gasteiger partial charge in [0.1, 0.15) is 17.4 Å². The van der Waals surface area contributed by atoms with Crippen LogP contribution < -0.4 is 5.32 Å². The van der Waals surface area contributed by atoms with Gasteiger partial charge in [-0.05, 0) is 81.8 Å². The van der Waals surface area contributed by atoms with Crippen LogP contribution in [-0.4, -0.2) is 30.3 Å². The van der Waals surface area contributed by atoms with Crippen molar-refractivity contribution < 1.29 is 14.6 Å². The van der Waals surface area contributed by atoms with Gasteiger partial charge in [-0.15, -0.1) is 0 Å². The van der Waals surface area contributed by atoms with Crippen LogP contribution in [0.1, 0.15) is 18.4 Å². The smallest absolute Gasteiger partial charge is 0.262 e. The van der Waals surface area contributed by atoms with Gasteiger partial charge in [-0.25, -0.2) is 0 Å². The SMILES string of the molecule is N#C/C(=C\c1cc(I)c(O)c(I)c1)C(=O)NC[C@H]1CCCO1. The first-order valence-electron chi connectivity index (χ1n) is 6.71. The van der Waals surface area contributed by atoms with Crippen molar-refractivity contribution in [3.05, 3.63) is 30.4 Å². The van der Waals surface area contributed by atoms with Crippen LogP contribution in [0.25, 0.3) is 6.08 Å². The summed E-state index contributed by atoms with van der Waals surface area (Å²) in [5, 5.41) is 21.7. The lowest BCUT2D eigenvalue weighted by Gasteiger charge is -2.10. The van der Waals surface area contributed by atoms with Gasteiger partial charge < -0.3 is 15.2 Å². The average molecular weight is 524 g/mol. The summed E-state index contributed by atoms with van der Waals surface area (Å²) in [5.74, 6) is -0.198. The molecule has 1 fully saturated rings. The van der Waals surface area contributed by atoms with E-state index in [1.807, 2.05) is 51.3 Å². The molecule has 1 heterocycles. The second-order valence-corrected chi connectivity index (χ2v) is 7.17. The molecule has 1 aliphatic heterocycles. The molecule has 0 unspecified atom stereocenters. The number of phenols is 1. The zero-order chi connectivity index (χ0) is 16.1. The number of phenolic OH excluding ortho intramolecular Hbond substituents is 1. The van der Waals surface area contributed by atoms with Crippen molar-refractivity contribution in [1.29, 1.82) is 5.26 Å². The normalized spacial score (nSPS) is 18.0. The molecule has 7 heteroatoms. The van der Waals surface area contributed by atoms with Gasteiger partial charge in [0.2, 0.25) is 0 Å². The van der Waals surface area contributed by atoms with Crippen molar-refractivity contribution >= 4 is 57.2 Å². The standard InChI is InChI=1S/C15H14I2N2O3/c16-12-5-9(6-13(17)14(12)20)4-10(7-18)15(21)19-8-11-2-1-3-22-11/h4-6,11,20H,1-3,8H2,(H,19,21)/b10-4+/t11-/m1/s1. The minimum Gasteiger partial charge on any atom is -0.506 e. The number of aromatic hydroxyl groups is 1.